The molecule has 0 saturated heterocycles. The van der Waals surface area contributed by atoms with Gasteiger partial charge in [0, 0.05) is 18.6 Å². The normalized spacial score (nSPS) is 35.7. The van der Waals surface area contributed by atoms with Crippen LogP contribution in [0.1, 0.15) is 39.2 Å². The van der Waals surface area contributed by atoms with Crippen LogP contribution in [-0.4, -0.2) is 3.92 Å². The summed E-state index contributed by atoms with van der Waals surface area (Å²) >= 11 is 2.71. The Morgan fingerprint density at radius 2 is 1.72 bits per heavy atom. The second-order valence-electron chi connectivity index (χ2n) is 5.96. The third-order valence-corrected chi connectivity index (χ3v) is 6.64. The fraction of sp³-hybridized carbons (Fsp3) is 0.562. The lowest BCUT2D eigenvalue weighted by molar-refractivity contribution is -0.720. The molecule has 0 radical (unpaired) electrons. The Labute approximate surface area is 123 Å². The van der Waals surface area contributed by atoms with Crippen molar-refractivity contribution in [1.29, 1.82) is 0 Å². The van der Waals surface area contributed by atoms with Crippen molar-refractivity contribution in [3.63, 3.8) is 0 Å². The van der Waals surface area contributed by atoms with Crippen molar-refractivity contribution in [3.05, 3.63) is 41.7 Å². The van der Waals surface area contributed by atoms with E-state index in [-0.39, 0.29) is 0 Å². The minimum absolute atomic E-state index is 0.695. The van der Waals surface area contributed by atoms with Crippen molar-refractivity contribution < 1.29 is 4.57 Å². The topological polar surface area (TPSA) is 3.88 Å². The van der Waals surface area contributed by atoms with Crippen molar-refractivity contribution in [1.82, 2.24) is 0 Å². The minimum Gasteiger partial charge on any atom is -0.201 e. The van der Waals surface area contributed by atoms with Crippen LogP contribution in [0.4, 0.5) is 0 Å². The van der Waals surface area contributed by atoms with Crippen LogP contribution in [-0.2, 0) is 0 Å². The van der Waals surface area contributed by atoms with Gasteiger partial charge in [-0.15, -0.1) is 0 Å². The number of fused-ring (bicyclic) bond motifs is 1. The third-order valence-electron chi connectivity index (χ3n) is 4.89. The molecule has 0 amide bonds. The summed E-state index contributed by atoms with van der Waals surface area (Å²) in [5.74, 6) is 1.81. The lowest BCUT2D eigenvalue weighted by atomic mass is 9.79. The number of hydrogen-bond donors (Lipinski definition) is 0. The van der Waals surface area contributed by atoms with E-state index in [1.54, 1.807) is 11.1 Å². The Morgan fingerprint density at radius 3 is 2.44 bits per heavy atom. The molecule has 1 heterocycles. The van der Waals surface area contributed by atoms with Gasteiger partial charge in [0.2, 0.25) is 0 Å². The molecule has 3 rings (SSSR count). The van der Waals surface area contributed by atoms with E-state index < -0.39 is 0 Å². The molecule has 0 N–H and O–H groups in total. The molecule has 2 aliphatic rings. The van der Waals surface area contributed by atoms with Gasteiger partial charge in [0.1, 0.15) is 0 Å². The highest BCUT2D eigenvalue weighted by Gasteiger charge is 2.47. The molecule has 0 spiro atoms. The standard InChI is InChI=1S/C16H21IN/c1-11-8-13-10-15(18-6-4-3-5-7-18)16(17)14(13)9-12(11)2/h3-7,13-16H,8-10H2,1-2H3/q+1/t13-,14-,15+,16-/m1/s1. The second kappa shape index (κ2) is 4.95. The van der Waals surface area contributed by atoms with Gasteiger partial charge >= 0.3 is 0 Å². The molecule has 18 heavy (non-hydrogen) atoms. The summed E-state index contributed by atoms with van der Waals surface area (Å²) in [7, 11) is 0. The van der Waals surface area contributed by atoms with E-state index in [1.807, 2.05) is 0 Å². The van der Waals surface area contributed by atoms with E-state index in [0.717, 1.165) is 15.8 Å². The van der Waals surface area contributed by atoms with Crippen LogP contribution in [0.25, 0.3) is 0 Å². The van der Waals surface area contributed by atoms with Crippen LogP contribution < -0.4 is 4.57 Å². The molecule has 0 aromatic carbocycles. The van der Waals surface area contributed by atoms with Crippen LogP contribution in [0, 0.1) is 11.8 Å². The Kier molecular flexibility index (Phi) is 3.48. The lowest BCUT2D eigenvalue weighted by Crippen LogP contribution is -2.41. The van der Waals surface area contributed by atoms with Gasteiger partial charge < -0.3 is 0 Å². The molecule has 96 valence electrons. The quantitative estimate of drug-likeness (QED) is 0.310. The van der Waals surface area contributed by atoms with Crippen molar-refractivity contribution in [2.24, 2.45) is 11.8 Å². The first-order valence-electron chi connectivity index (χ1n) is 6.92. The molecule has 1 saturated carbocycles. The fourth-order valence-electron chi connectivity index (χ4n) is 3.69. The van der Waals surface area contributed by atoms with E-state index in [4.69, 9.17) is 0 Å². The maximum absolute atomic E-state index is 2.71. The Balaban J connectivity index is 1.84. The van der Waals surface area contributed by atoms with Crippen LogP contribution in [0.3, 0.4) is 0 Å². The molecule has 2 heteroatoms. The molecular weight excluding hydrogens is 333 g/mol. The van der Waals surface area contributed by atoms with Gasteiger partial charge in [-0.1, -0.05) is 39.8 Å². The number of allylic oxidation sites excluding steroid dienone is 2. The monoisotopic (exact) mass is 354 g/mol. The molecule has 1 nitrogen and oxygen atoms in total. The molecule has 1 fully saturated rings. The number of rotatable bonds is 1. The highest BCUT2D eigenvalue weighted by molar-refractivity contribution is 14.1. The molecule has 4 atom stereocenters. The predicted molar refractivity (Wildman–Crippen MR) is 82.7 cm³/mol. The summed E-state index contributed by atoms with van der Waals surface area (Å²) in [6.45, 7) is 4.66. The first-order chi connectivity index (χ1) is 8.66. The van der Waals surface area contributed by atoms with Gasteiger partial charge in [0.15, 0.2) is 18.4 Å². The zero-order valence-corrected chi connectivity index (χ0v) is 13.3. The number of alkyl halides is 1. The van der Waals surface area contributed by atoms with Gasteiger partial charge in [-0.3, -0.25) is 0 Å². The smallest absolute Gasteiger partial charge is 0.170 e. The van der Waals surface area contributed by atoms with Crippen molar-refractivity contribution >= 4 is 22.6 Å². The fourth-order valence-corrected chi connectivity index (χ4v) is 5.20. The highest BCUT2D eigenvalue weighted by atomic mass is 127. The number of halogens is 1. The molecule has 0 bridgehead atoms. The van der Waals surface area contributed by atoms with Crippen LogP contribution in [0.15, 0.2) is 41.7 Å². The summed E-state index contributed by atoms with van der Waals surface area (Å²) in [6.07, 6.45) is 8.49. The minimum atomic E-state index is 0.695. The van der Waals surface area contributed by atoms with Crippen molar-refractivity contribution in [2.75, 3.05) is 0 Å². The zero-order valence-electron chi connectivity index (χ0n) is 11.1. The molecule has 1 aromatic rings. The van der Waals surface area contributed by atoms with E-state index in [9.17, 15) is 0 Å². The molecule has 0 unspecified atom stereocenters. The Bertz CT molecular complexity index is 465. The van der Waals surface area contributed by atoms with Crippen molar-refractivity contribution in [2.45, 2.75) is 43.1 Å². The van der Waals surface area contributed by atoms with Crippen LogP contribution in [0.5, 0.6) is 0 Å². The average Bonchev–Trinajstić information content (AvgIpc) is 2.69. The first-order valence-corrected chi connectivity index (χ1v) is 8.16. The van der Waals surface area contributed by atoms with Crippen LogP contribution in [0.2, 0.25) is 0 Å². The summed E-state index contributed by atoms with van der Waals surface area (Å²) in [5, 5.41) is 0. The number of aromatic nitrogens is 1. The summed E-state index contributed by atoms with van der Waals surface area (Å²) in [6, 6.07) is 7.11. The SMILES string of the molecule is CC1=C(C)C[C@@H]2[C@H](C1)C[C@H]([n+]1ccccc1)[C@@H]2I. The lowest BCUT2D eigenvalue weighted by Gasteiger charge is -2.28. The van der Waals surface area contributed by atoms with Crippen LogP contribution >= 0.6 is 22.6 Å². The highest BCUT2D eigenvalue weighted by Crippen LogP contribution is 2.50. The molecular formula is C16H21IN+. The van der Waals surface area contributed by atoms with Gasteiger partial charge in [-0.2, -0.15) is 0 Å². The Morgan fingerprint density at radius 1 is 1.06 bits per heavy atom. The zero-order chi connectivity index (χ0) is 12.7. The van der Waals surface area contributed by atoms with Crippen molar-refractivity contribution in [3.8, 4) is 0 Å². The Hall–Kier alpha value is -0.380. The maximum Gasteiger partial charge on any atom is 0.170 e. The van der Waals surface area contributed by atoms with Gasteiger partial charge in [-0.05, 0) is 38.5 Å². The van der Waals surface area contributed by atoms with Gasteiger partial charge in [0.25, 0.3) is 0 Å². The van der Waals surface area contributed by atoms with E-state index in [0.29, 0.717) is 6.04 Å². The van der Waals surface area contributed by atoms with Gasteiger partial charge in [0.05, 0.1) is 3.92 Å². The first kappa shape index (κ1) is 12.6. The summed E-state index contributed by atoms with van der Waals surface area (Å²) in [4.78, 5) is 0. The number of pyridine rings is 1. The molecule has 0 aliphatic heterocycles. The molecule has 1 aromatic heterocycles. The van der Waals surface area contributed by atoms with E-state index in [1.165, 1.54) is 19.3 Å². The predicted octanol–water partition coefficient (Wildman–Crippen LogP) is 4.09. The summed E-state index contributed by atoms with van der Waals surface area (Å²) in [5.41, 5.74) is 3.30. The molecule has 2 aliphatic carbocycles. The number of nitrogens with zero attached hydrogens (tertiary/aromatic N) is 1. The van der Waals surface area contributed by atoms with E-state index >= 15 is 0 Å². The average molecular weight is 354 g/mol. The second-order valence-corrected chi connectivity index (χ2v) is 7.40. The van der Waals surface area contributed by atoms with Gasteiger partial charge in [-0.25, -0.2) is 4.57 Å². The third kappa shape index (κ3) is 2.13. The number of hydrogen-bond acceptors (Lipinski definition) is 0. The maximum atomic E-state index is 2.71. The van der Waals surface area contributed by atoms with E-state index in [2.05, 4.69) is 71.6 Å². The summed E-state index contributed by atoms with van der Waals surface area (Å²) < 4.78 is 3.21. The largest absolute Gasteiger partial charge is 0.201 e.